The maximum absolute atomic E-state index is 12.1. The van der Waals surface area contributed by atoms with E-state index in [0.717, 1.165) is 6.42 Å². The number of hydrogen-bond acceptors (Lipinski definition) is 2. The van der Waals surface area contributed by atoms with Gasteiger partial charge in [0.25, 0.3) is 0 Å². The summed E-state index contributed by atoms with van der Waals surface area (Å²) in [5, 5.41) is 3.32. The van der Waals surface area contributed by atoms with Crippen molar-refractivity contribution in [3.05, 3.63) is 0 Å². The van der Waals surface area contributed by atoms with Crippen molar-refractivity contribution >= 4 is 0 Å². The van der Waals surface area contributed by atoms with Crippen LogP contribution < -0.4 is 5.32 Å². The van der Waals surface area contributed by atoms with Gasteiger partial charge >= 0.3 is 0 Å². The van der Waals surface area contributed by atoms with Gasteiger partial charge in [0.15, 0.2) is 0 Å². The zero-order valence-corrected chi connectivity index (χ0v) is 11.0. The molecule has 0 aromatic heterocycles. The van der Waals surface area contributed by atoms with E-state index in [1.54, 1.807) is 0 Å². The summed E-state index contributed by atoms with van der Waals surface area (Å²) in [7, 11) is 0. The van der Waals surface area contributed by atoms with Crippen molar-refractivity contribution in [2.45, 2.75) is 76.5 Å². The molecule has 2 saturated heterocycles. The highest BCUT2D eigenvalue weighted by Crippen LogP contribution is 2.42. The van der Waals surface area contributed by atoms with Crippen LogP contribution in [0.4, 0.5) is 8.78 Å². The quantitative estimate of drug-likeness (QED) is 0.820. The minimum Gasteiger partial charge on any atom is -0.312 e. The molecule has 2 nitrogen and oxygen atoms in total. The number of halogens is 2. The fraction of sp³-hybridized carbons (Fsp3) is 1.00. The second-order valence-corrected chi connectivity index (χ2v) is 6.35. The van der Waals surface area contributed by atoms with Crippen LogP contribution in [0.25, 0.3) is 0 Å². The summed E-state index contributed by atoms with van der Waals surface area (Å²) in [6.07, 6.45) is 1.41. The molecule has 3 atom stereocenters. The first kappa shape index (κ1) is 13.2. The Morgan fingerprint density at radius 2 is 2.00 bits per heavy atom. The summed E-state index contributed by atoms with van der Waals surface area (Å²) in [6.45, 7) is 7.20. The van der Waals surface area contributed by atoms with Gasteiger partial charge in [-0.05, 0) is 40.0 Å². The fourth-order valence-corrected chi connectivity index (χ4v) is 3.63. The Labute approximate surface area is 103 Å². The highest BCUT2D eigenvalue weighted by Gasteiger charge is 2.49. The van der Waals surface area contributed by atoms with Crippen molar-refractivity contribution in [2.75, 3.05) is 6.54 Å². The third kappa shape index (κ3) is 2.79. The van der Waals surface area contributed by atoms with Crippen LogP contribution in [0.1, 0.15) is 46.5 Å². The molecule has 17 heavy (non-hydrogen) atoms. The summed E-state index contributed by atoms with van der Waals surface area (Å²) in [5.41, 5.74) is 0.199. The first-order chi connectivity index (χ1) is 7.89. The van der Waals surface area contributed by atoms with E-state index >= 15 is 0 Å². The molecule has 0 aliphatic carbocycles. The summed E-state index contributed by atoms with van der Waals surface area (Å²) in [6, 6.07) is 1.63. The van der Waals surface area contributed by atoms with E-state index in [4.69, 9.17) is 0 Å². The fourth-order valence-electron chi connectivity index (χ4n) is 3.63. The molecule has 2 heterocycles. The van der Waals surface area contributed by atoms with Gasteiger partial charge < -0.3 is 5.32 Å². The maximum atomic E-state index is 12.1. The van der Waals surface area contributed by atoms with Gasteiger partial charge in [-0.3, -0.25) is 4.90 Å². The molecule has 0 spiro atoms. The second-order valence-electron chi connectivity index (χ2n) is 6.35. The van der Waals surface area contributed by atoms with Crippen molar-refractivity contribution in [3.63, 3.8) is 0 Å². The number of nitrogens with zero attached hydrogens (tertiary/aromatic N) is 1. The molecule has 2 fully saturated rings. The predicted molar refractivity (Wildman–Crippen MR) is 65.4 cm³/mol. The molecule has 0 radical (unpaired) electrons. The van der Waals surface area contributed by atoms with Gasteiger partial charge in [-0.1, -0.05) is 0 Å². The van der Waals surface area contributed by atoms with Crippen LogP contribution in [-0.4, -0.2) is 41.5 Å². The molecule has 1 unspecified atom stereocenters. The number of alkyl halides is 2. The van der Waals surface area contributed by atoms with Crippen molar-refractivity contribution in [3.8, 4) is 0 Å². The molecule has 2 bridgehead atoms. The third-order valence-corrected chi connectivity index (χ3v) is 4.08. The topological polar surface area (TPSA) is 15.3 Å². The van der Waals surface area contributed by atoms with Crippen LogP contribution >= 0.6 is 0 Å². The number of hydrogen-bond donors (Lipinski definition) is 1. The lowest BCUT2D eigenvalue weighted by Crippen LogP contribution is -2.48. The number of nitrogens with one attached hydrogen (secondary N) is 1. The number of fused-ring (bicyclic) bond motifs is 2. The zero-order valence-electron chi connectivity index (χ0n) is 11.0. The first-order valence-electron chi connectivity index (χ1n) is 6.69. The van der Waals surface area contributed by atoms with Crippen LogP contribution in [0.5, 0.6) is 0 Å². The van der Waals surface area contributed by atoms with E-state index < -0.39 is 6.43 Å². The highest BCUT2D eigenvalue weighted by atomic mass is 19.3. The summed E-state index contributed by atoms with van der Waals surface area (Å²) in [5.74, 6) is 0. The SMILES string of the molecule is CC(C)(C)N1[C@@H]2CC[C@H]1C(NCCC(F)F)C2. The smallest absolute Gasteiger partial charge is 0.239 e. The standard InChI is InChI=1S/C13H24F2N2/c1-13(2,3)17-9-4-5-11(17)10(8-9)16-7-6-12(14)15/h9-12,16H,4-8H2,1-3H3/t9-,10?,11+/m1/s1. The molecule has 2 rings (SSSR count). The van der Waals surface area contributed by atoms with E-state index in [1.807, 2.05) is 0 Å². The van der Waals surface area contributed by atoms with Crippen molar-refractivity contribution in [2.24, 2.45) is 0 Å². The molecule has 0 aromatic carbocycles. The lowest BCUT2D eigenvalue weighted by molar-refractivity contribution is 0.109. The largest absolute Gasteiger partial charge is 0.312 e. The molecule has 100 valence electrons. The van der Waals surface area contributed by atoms with Crippen molar-refractivity contribution in [1.29, 1.82) is 0 Å². The van der Waals surface area contributed by atoms with Gasteiger partial charge in [0.05, 0.1) is 0 Å². The minimum atomic E-state index is -2.18. The lowest BCUT2D eigenvalue weighted by atomic mass is 9.95. The molecule has 0 saturated carbocycles. The van der Waals surface area contributed by atoms with E-state index in [9.17, 15) is 8.78 Å². The molecule has 4 heteroatoms. The lowest BCUT2D eigenvalue weighted by Gasteiger charge is -2.37. The average molecular weight is 246 g/mol. The Balaban J connectivity index is 1.88. The first-order valence-corrected chi connectivity index (χ1v) is 6.69. The molecular weight excluding hydrogens is 222 g/mol. The van der Waals surface area contributed by atoms with Crippen molar-refractivity contribution < 1.29 is 8.78 Å². The van der Waals surface area contributed by atoms with Gasteiger partial charge in [0, 0.05) is 36.6 Å². The second kappa shape index (κ2) is 4.81. The number of rotatable bonds is 4. The molecule has 2 aliphatic heterocycles. The molecule has 1 N–H and O–H groups in total. The summed E-state index contributed by atoms with van der Waals surface area (Å²) < 4.78 is 24.2. The highest BCUT2D eigenvalue weighted by molar-refractivity contribution is 5.07. The van der Waals surface area contributed by atoms with Gasteiger partial charge in [0.1, 0.15) is 0 Å². The predicted octanol–water partition coefficient (Wildman–Crippen LogP) is 2.64. The Morgan fingerprint density at radius 3 is 2.53 bits per heavy atom. The normalized spacial score (nSPS) is 33.9. The Hall–Kier alpha value is -0.220. The Kier molecular flexibility index (Phi) is 3.74. The van der Waals surface area contributed by atoms with E-state index in [-0.39, 0.29) is 12.0 Å². The molecule has 2 aliphatic rings. The minimum absolute atomic E-state index is 0.0244. The van der Waals surface area contributed by atoms with Gasteiger partial charge in [-0.15, -0.1) is 0 Å². The van der Waals surface area contributed by atoms with Gasteiger partial charge in [-0.25, -0.2) is 8.78 Å². The van der Waals surface area contributed by atoms with Crippen LogP contribution in [0.15, 0.2) is 0 Å². The summed E-state index contributed by atoms with van der Waals surface area (Å²) >= 11 is 0. The van der Waals surface area contributed by atoms with Crippen LogP contribution in [0.3, 0.4) is 0 Å². The molecular formula is C13H24F2N2. The monoisotopic (exact) mass is 246 g/mol. The Bertz CT molecular complexity index is 263. The van der Waals surface area contributed by atoms with Gasteiger partial charge in [-0.2, -0.15) is 0 Å². The van der Waals surface area contributed by atoms with Crippen molar-refractivity contribution in [1.82, 2.24) is 10.2 Å². The average Bonchev–Trinajstić information content (AvgIpc) is 2.72. The molecule has 0 aromatic rings. The Morgan fingerprint density at radius 1 is 1.29 bits per heavy atom. The molecule has 0 amide bonds. The maximum Gasteiger partial charge on any atom is 0.239 e. The van der Waals surface area contributed by atoms with E-state index in [1.165, 1.54) is 12.8 Å². The van der Waals surface area contributed by atoms with E-state index in [2.05, 4.69) is 31.0 Å². The zero-order chi connectivity index (χ0) is 12.6. The van der Waals surface area contributed by atoms with Crippen LogP contribution in [-0.2, 0) is 0 Å². The van der Waals surface area contributed by atoms with Crippen LogP contribution in [0, 0.1) is 0 Å². The van der Waals surface area contributed by atoms with E-state index in [0.29, 0.717) is 24.7 Å². The van der Waals surface area contributed by atoms with Gasteiger partial charge in [0.2, 0.25) is 6.43 Å². The van der Waals surface area contributed by atoms with Crippen LogP contribution in [0.2, 0.25) is 0 Å². The third-order valence-electron chi connectivity index (χ3n) is 4.08. The summed E-state index contributed by atoms with van der Waals surface area (Å²) in [4.78, 5) is 2.59.